The van der Waals surface area contributed by atoms with Gasteiger partial charge in [0.1, 0.15) is 12.0 Å². The summed E-state index contributed by atoms with van der Waals surface area (Å²) in [6.07, 6.45) is 1.76. The number of aliphatic hydroxyl groups is 2. The summed E-state index contributed by atoms with van der Waals surface area (Å²) < 4.78 is 0. The third-order valence-electron chi connectivity index (χ3n) is 2.21. The standard InChI is InChI=1S/C8H15NO2/c1-3-5(2)8-6(10)4-7(11)9-8/h4-5,7-11H,3H2,1-2H3. The first-order chi connectivity index (χ1) is 5.15. The third-order valence-corrected chi connectivity index (χ3v) is 2.21. The minimum Gasteiger partial charge on any atom is -0.511 e. The molecule has 0 fully saturated rings. The molecule has 0 spiro atoms. The van der Waals surface area contributed by atoms with Gasteiger partial charge in [-0.2, -0.15) is 0 Å². The van der Waals surface area contributed by atoms with Crippen molar-refractivity contribution in [3.8, 4) is 0 Å². The molecule has 0 radical (unpaired) electrons. The zero-order chi connectivity index (χ0) is 8.43. The lowest BCUT2D eigenvalue weighted by Gasteiger charge is -2.18. The summed E-state index contributed by atoms with van der Waals surface area (Å²) >= 11 is 0. The SMILES string of the molecule is CCC(C)C1NC(O)C=C1O. The van der Waals surface area contributed by atoms with Gasteiger partial charge in [-0.3, -0.25) is 5.32 Å². The lowest BCUT2D eigenvalue weighted by molar-refractivity contribution is 0.172. The van der Waals surface area contributed by atoms with E-state index in [2.05, 4.69) is 12.2 Å². The molecule has 64 valence electrons. The Morgan fingerprint density at radius 2 is 2.36 bits per heavy atom. The topological polar surface area (TPSA) is 52.5 Å². The van der Waals surface area contributed by atoms with Gasteiger partial charge in [0.15, 0.2) is 0 Å². The molecule has 1 aliphatic heterocycles. The van der Waals surface area contributed by atoms with Crippen molar-refractivity contribution in [1.29, 1.82) is 0 Å². The summed E-state index contributed by atoms with van der Waals surface area (Å²) in [7, 11) is 0. The molecule has 3 unspecified atom stereocenters. The van der Waals surface area contributed by atoms with Crippen LogP contribution >= 0.6 is 0 Å². The van der Waals surface area contributed by atoms with Crippen LogP contribution in [0.5, 0.6) is 0 Å². The van der Waals surface area contributed by atoms with Gasteiger partial charge in [-0.25, -0.2) is 0 Å². The largest absolute Gasteiger partial charge is 0.511 e. The minimum absolute atomic E-state index is 0.0602. The highest BCUT2D eigenvalue weighted by molar-refractivity contribution is 5.12. The van der Waals surface area contributed by atoms with Crippen molar-refractivity contribution in [3.63, 3.8) is 0 Å². The van der Waals surface area contributed by atoms with Crippen molar-refractivity contribution in [2.75, 3.05) is 0 Å². The van der Waals surface area contributed by atoms with E-state index in [1.165, 1.54) is 6.08 Å². The molecule has 0 aliphatic carbocycles. The van der Waals surface area contributed by atoms with E-state index >= 15 is 0 Å². The second-order valence-corrected chi connectivity index (χ2v) is 3.07. The Morgan fingerprint density at radius 1 is 1.73 bits per heavy atom. The Hall–Kier alpha value is -0.540. The fraction of sp³-hybridized carbons (Fsp3) is 0.750. The Balaban J connectivity index is 2.56. The zero-order valence-corrected chi connectivity index (χ0v) is 6.91. The maximum absolute atomic E-state index is 9.30. The number of hydrogen-bond acceptors (Lipinski definition) is 3. The number of rotatable bonds is 2. The van der Waals surface area contributed by atoms with Crippen molar-refractivity contribution >= 4 is 0 Å². The normalized spacial score (nSPS) is 33.5. The van der Waals surface area contributed by atoms with E-state index < -0.39 is 6.23 Å². The van der Waals surface area contributed by atoms with Gasteiger partial charge in [-0.05, 0) is 12.0 Å². The molecule has 0 amide bonds. The molecule has 0 aromatic rings. The molecular formula is C8H15NO2. The molecule has 0 saturated heterocycles. The summed E-state index contributed by atoms with van der Waals surface area (Å²) in [4.78, 5) is 0. The van der Waals surface area contributed by atoms with E-state index in [1.54, 1.807) is 0 Å². The molecule has 0 aromatic carbocycles. The highest BCUT2D eigenvalue weighted by Gasteiger charge is 2.27. The van der Waals surface area contributed by atoms with Crippen LogP contribution in [0.2, 0.25) is 0 Å². The van der Waals surface area contributed by atoms with Crippen LogP contribution < -0.4 is 5.32 Å². The van der Waals surface area contributed by atoms with Crippen LogP contribution in [0.1, 0.15) is 20.3 Å². The molecule has 0 saturated carbocycles. The first-order valence-corrected chi connectivity index (χ1v) is 4.00. The maximum atomic E-state index is 9.30. The first-order valence-electron chi connectivity index (χ1n) is 4.00. The van der Waals surface area contributed by atoms with Gasteiger partial charge in [0.05, 0.1) is 6.04 Å². The number of nitrogens with one attached hydrogen (secondary N) is 1. The highest BCUT2D eigenvalue weighted by atomic mass is 16.3. The fourth-order valence-electron chi connectivity index (χ4n) is 1.27. The molecule has 1 aliphatic rings. The van der Waals surface area contributed by atoms with Gasteiger partial charge in [0, 0.05) is 0 Å². The summed E-state index contributed by atoms with van der Waals surface area (Å²) in [5, 5.41) is 21.2. The van der Waals surface area contributed by atoms with E-state index in [9.17, 15) is 5.11 Å². The Bertz CT molecular complexity index is 167. The van der Waals surface area contributed by atoms with Crippen LogP contribution in [0.4, 0.5) is 0 Å². The van der Waals surface area contributed by atoms with E-state index in [-0.39, 0.29) is 11.8 Å². The molecule has 1 heterocycles. The lowest BCUT2D eigenvalue weighted by atomic mass is 9.99. The second kappa shape index (κ2) is 3.24. The van der Waals surface area contributed by atoms with Gasteiger partial charge in [0.2, 0.25) is 0 Å². The van der Waals surface area contributed by atoms with Gasteiger partial charge in [0.25, 0.3) is 0 Å². The monoisotopic (exact) mass is 157 g/mol. The summed E-state index contributed by atoms with van der Waals surface area (Å²) in [5.41, 5.74) is 0. The number of hydrogen-bond donors (Lipinski definition) is 3. The summed E-state index contributed by atoms with van der Waals surface area (Å²) in [5.74, 6) is 0.634. The van der Waals surface area contributed by atoms with Gasteiger partial charge in [-0.15, -0.1) is 0 Å². The average molecular weight is 157 g/mol. The molecule has 1 rings (SSSR count). The van der Waals surface area contributed by atoms with Crippen molar-refractivity contribution in [3.05, 3.63) is 11.8 Å². The molecule has 3 N–H and O–H groups in total. The van der Waals surface area contributed by atoms with E-state index in [0.29, 0.717) is 5.92 Å². The predicted molar refractivity (Wildman–Crippen MR) is 43.1 cm³/mol. The van der Waals surface area contributed by atoms with Crippen molar-refractivity contribution in [2.24, 2.45) is 5.92 Å². The van der Waals surface area contributed by atoms with Crippen LogP contribution in [-0.2, 0) is 0 Å². The smallest absolute Gasteiger partial charge is 0.128 e. The average Bonchev–Trinajstić information content (AvgIpc) is 2.28. The molecule has 3 heteroatoms. The second-order valence-electron chi connectivity index (χ2n) is 3.07. The molecular weight excluding hydrogens is 142 g/mol. The Morgan fingerprint density at radius 3 is 2.73 bits per heavy atom. The van der Waals surface area contributed by atoms with E-state index in [4.69, 9.17) is 5.11 Å². The molecule has 0 bridgehead atoms. The third kappa shape index (κ3) is 1.73. The zero-order valence-electron chi connectivity index (χ0n) is 6.91. The minimum atomic E-state index is -0.672. The summed E-state index contributed by atoms with van der Waals surface area (Å²) in [6, 6.07) is -0.0602. The maximum Gasteiger partial charge on any atom is 0.128 e. The van der Waals surface area contributed by atoms with Crippen molar-refractivity contribution in [1.82, 2.24) is 5.32 Å². The summed E-state index contributed by atoms with van der Waals surface area (Å²) in [6.45, 7) is 4.10. The number of aliphatic hydroxyl groups excluding tert-OH is 2. The fourth-order valence-corrected chi connectivity index (χ4v) is 1.27. The highest BCUT2D eigenvalue weighted by Crippen LogP contribution is 2.18. The van der Waals surface area contributed by atoms with Crippen LogP contribution in [0.25, 0.3) is 0 Å². The first kappa shape index (κ1) is 8.56. The Kier molecular flexibility index (Phi) is 2.52. The molecule has 11 heavy (non-hydrogen) atoms. The van der Waals surface area contributed by atoms with Crippen LogP contribution in [0, 0.1) is 5.92 Å². The van der Waals surface area contributed by atoms with E-state index in [1.807, 2.05) is 6.92 Å². The predicted octanol–water partition coefficient (Wildman–Crippen LogP) is 0.765. The van der Waals surface area contributed by atoms with Crippen LogP contribution in [0.3, 0.4) is 0 Å². The molecule has 3 nitrogen and oxygen atoms in total. The van der Waals surface area contributed by atoms with Crippen LogP contribution in [0.15, 0.2) is 11.8 Å². The lowest BCUT2D eigenvalue weighted by Crippen LogP contribution is -2.36. The molecule has 0 aromatic heterocycles. The van der Waals surface area contributed by atoms with Crippen molar-refractivity contribution in [2.45, 2.75) is 32.5 Å². The van der Waals surface area contributed by atoms with E-state index in [0.717, 1.165) is 6.42 Å². The quantitative estimate of drug-likeness (QED) is 0.555. The van der Waals surface area contributed by atoms with Gasteiger partial charge >= 0.3 is 0 Å². The van der Waals surface area contributed by atoms with Crippen molar-refractivity contribution < 1.29 is 10.2 Å². The Labute approximate surface area is 66.7 Å². The molecule has 3 atom stereocenters. The van der Waals surface area contributed by atoms with Crippen LogP contribution in [-0.4, -0.2) is 22.5 Å². The van der Waals surface area contributed by atoms with Gasteiger partial charge in [-0.1, -0.05) is 20.3 Å². The van der Waals surface area contributed by atoms with Gasteiger partial charge < -0.3 is 10.2 Å².